The van der Waals surface area contributed by atoms with E-state index in [4.69, 9.17) is 5.73 Å². The van der Waals surface area contributed by atoms with Crippen LogP contribution in [0.2, 0.25) is 0 Å². The predicted octanol–water partition coefficient (Wildman–Crippen LogP) is 1.79. The molecule has 0 unspecified atom stereocenters. The zero-order valence-electron chi connectivity index (χ0n) is 9.38. The zero-order valence-corrected chi connectivity index (χ0v) is 9.38. The third-order valence-electron chi connectivity index (χ3n) is 2.39. The van der Waals surface area contributed by atoms with Crippen LogP contribution >= 0.6 is 0 Å². The Kier molecular flexibility index (Phi) is 2.72. The maximum Gasteiger partial charge on any atom is 0.146 e. The summed E-state index contributed by atoms with van der Waals surface area (Å²) < 4.78 is 0. The first-order valence-electron chi connectivity index (χ1n) is 5.03. The molecule has 0 bridgehead atoms. The molecule has 0 fully saturated rings. The van der Waals surface area contributed by atoms with Gasteiger partial charge in [-0.1, -0.05) is 12.1 Å². The van der Waals surface area contributed by atoms with Crippen LogP contribution in [-0.4, -0.2) is 24.3 Å². The smallest absolute Gasteiger partial charge is 0.146 e. The molecule has 4 nitrogen and oxygen atoms in total. The SMILES string of the molecule is CN(C)c1ccc(-c2cnnc(N)c2)cc1. The highest BCUT2D eigenvalue weighted by Crippen LogP contribution is 2.22. The lowest BCUT2D eigenvalue weighted by Gasteiger charge is -2.12. The Bertz CT molecular complexity index is 477. The van der Waals surface area contributed by atoms with E-state index in [1.54, 1.807) is 6.20 Å². The Hall–Kier alpha value is -2.10. The lowest BCUT2D eigenvalue weighted by atomic mass is 10.1. The number of benzene rings is 1. The molecule has 0 aliphatic heterocycles. The fourth-order valence-electron chi connectivity index (χ4n) is 1.49. The average Bonchev–Trinajstić information content (AvgIpc) is 2.29. The molecule has 0 spiro atoms. The van der Waals surface area contributed by atoms with Crippen LogP contribution in [0.1, 0.15) is 0 Å². The largest absolute Gasteiger partial charge is 0.382 e. The van der Waals surface area contributed by atoms with Crippen molar-refractivity contribution in [1.29, 1.82) is 0 Å². The Labute approximate surface area is 94.7 Å². The fraction of sp³-hybridized carbons (Fsp3) is 0.167. The van der Waals surface area contributed by atoms with Gasteiger partial charge in [-0.3, -0.25) is 0 Å². The number of hydrogen-bond acceptors (Lipinski definition) is 4. The lowest BCUT2D eigenvalue weighted by molar-refractivity contribution is 1.04. The minimum Gasteiger partial charge on any atom is -0.382 e. The number of anilines is 2. The van der Waals surface area contributed by atoms with Gasteiger partial charge in [0.05, 0.1) is 6.20 Å². The highest BCUT2D eigenvalue weighted by atomic mass is 15.1. The molecular formula is C12H14N4. The van der Waals surface area contributed by atoms with Gasteiger partial charge in [0.15, 0.2) is 0 Å². The van der Waals surface area contributed by atoms with Crippen molar-refractivity contribution in [1.82, 2.24) is 10.2 Å². The second-order valence-electron chi connectivity index (χ2n) is 3.81. The van der Waals surface area contributed by atoms with Gasteiger partial charge in [-0.15, -0.1) is 5.10 Å². The molecule has 1 heterocycles. The summed E-state index contributed by atoms with van der Waals surface area (Å²) >= 11 is 0. The van der Waals surface area contributed by atoms with Crippen LogP contribution in [0.25, 0.3) is 11.1 Å². The van der Waals surface area contributed by atoms with Crippen LogP contribution in [0.15, 0.2) is 36.5 Å². The van der Waals surface area contributed by atoms with Gasteiger partial charge in [-0.25, -0.2) is 0 Å². The van der Waals surface area contributed by atoms with Crippen molar-refractivity contribution in [2.75, 3.05) is 24.7 Å². The van der Waals surface area contributed by atoms with E-state index in [0.29, 0.717) is 5.82 Å². The molecule has 0 aliphatic carbocycles. The molecule has 0 radical (unpaired) electrons. The Balaban J connectivity index is 2.35. The Morgan fingerprint density at radius 3 is 2.31 bits per heavy atom. The minimum absolute atomic E-state index is 0.439. The summed E-state index contributed by atoms with van der Waals surface area (Å²) in [6, 6.07) is 10.0. The minimum atomic E-state index is 0.439. The van der Waals surface area contributed by atoms with Crippen molar-refractivity contribution in [3.05, 3.63) is 36.5 Å². The molecular weight excluding hydrogens is 200 g/mol. The first kappa shape index (κ1) is 10.4. The number of rotatable bonds is 2. The molecule has 2 aromatic rings. The molecule has 1 aromatic heterocycles. The number of nitrogens with zero attached hydrogens (tertiary/aromatic N) is 3. The molecule has 16 heavy (non-hydrogen) atoms. The predicted molar refractivity (Wildman–Crippen MR) is 66.2 cm³/mol. The first-order chi connectivity index (χ1) is 7.66. The zero-order chi connectivity index (χ0) is 11.5. The summed E-state index contributed by atoms with van der Waals surface area (Å²) in [5.74, 6) is 0.439. The summed E-state index contributed by atoms with van der Waals surface area (Å²) in [4.78, 5) is 2.06. The molecule has 2 N–H and O–H groups in total. The van der Waals surface area contributed by atoms with Crippen LogP contribution in [0, 0.1) is 0 Å². The molecule has 0 aliphatic rings. The highest BCUT2D eigenvalue weighted by Gasteiger charge is 2.00. The van der Waals surface area contributed by atoms with Gasteiger partial charge >= 0.3 is 0 Å². The van der Waals surface area contributed by atoms with Gasteiger partial charge in [0.25, 0.3) is 0 Å². The molecule has 0 atom stereocenters. The molecule has 82 valence electrons. The van der Waals surface area contributed by atoms with Gasteiger partial charge in [-0.2, -0.15) is 5.10 Å². The number of hydrogen-bond donors (Lipinski definition) is 1. The van der Waals surface area contributed by atoms with Gasteiger partial charge in [0.1, 0.15) is 5.82 Å². The van der Waals surface area contributed by atoms with Crippen LogP contribution in [0.4, 0.5) is 11.5 Å². The van der Waals surface area contributed by atoms with Crippen molar-refractivity contribution >= 4 is 11.5 Å². The molecule has 4 heteroatoms. The van der Waals surface area contributed by atoms with Gasteiger partial charge in [0, 0.05) is 25.3 Å². The van der Waals surface area contributed by atoms with Gasteiger partial charge in [-0.05, 0) is 23.8 Å². The van der Waals surface area contributed by atoms with Crippen LogP contribution in [0.3, 0.4) is 0 Å². The molecule has 1 aromatic carbocycles. The molecule has 2 rings (SSSR count). The standard InChI is InChI=1S/C12H14N4/c1-16(2)11-5-3-9(4-6-11)10-7-12(13)15-14-8-10/h3-8H,1-2H3,(H2,13,15). The maximum atomic E-state index is 5.59. The van der Waals surface area contributed by atoms with Crippen molar-refractivity contribution in [2.45, 2.75) is 0 Å². The van der Waals surface area contributed by atoms with E-state index < -0.39 is 0 Å². The van der Waals surface area contributed by atoms with E-state index in [1.807, 2.05) is 32.3 Å². The van der Waals surface area contributed by atoms with E-state index >= 15 is 0 Å². The number of nitrogens with two attached hydrogens (primary N) is 1. The monoisotopic (exact) mass is 214 g/mol. The Morgan fingerprint density at radius 2 is 1.75 bits per heavy atom. The van der Waals surface area contributed by atoms with E-state index in [0.717, 1.165) is 11.1 Å². The van der Waals surface area contributed by atoms with Crippen LogP contribution in [0.5, 0.6) is 0 Å². The fourth-order valence-corrected chi connectivity index (χ4v) is 1.49. The van der Waals surface area contributed by atoms with Crippen molar-refractivity contribution in [3.63, 3.8) is 0 Å². The summed E-state index contributed by atoms with van der Waals surface area (Å²) in [6.45, 7) is 0. The third-order valence-corrected chi connectivity index (χ3v) is 2.39. The maximum absolute atomic E-state index is 5.59. The van der Waals surface area contributed by atoms with Crippen LogP contribution < -0.4 is 10.6 Å². The number of nitrogen functional groups attached to an aromatic ring is 1. The van der Waals surface area contributed by atoms with Crippen LogP contribution in [-0.2, 0) is 0 Å². The Morgan fingerprint density at radius 1 is 1.06 bits per heavy atom. The summed E-state index contributed by atoms with van der Waals surface area (Å²) in [7, 11) is 4.03. The molecule has 0 saturated heterocycles. The summed E-state index contributed by atoms with van der Waals surface area (Å²) in [5, 5.41) is 7.56. The normalized spacial score (nSPS) is 10.1. The average molecular weight is 214 g/mol. The molecule has 0 saturated carbocycles. The van der Waals surface area contributed by atoms with E-state index in [1.165, 1.54) is 5.69 Å². The first-order valence-corrected chi connectivity index (χ1v) is 5.03. The van der Waals surface area contributed by atoms with Crippen molar-refractivity contribution < 1.29 is 0 Å². The van der Waals surface area contributed by atoms with Gasteiger partial charge < -0.3 is 10.6 Å². The summed E-state index contributed by atoms with van der Waals surface area (Å²) in [6.07, 6.45) is 1.71. The highest BCUT2D eigenvalue weighted by molar-refractivity contribution is 5.67. The quantitative estimate of drug-likeness (QED) is 0.828. The molecule has 0 amide bonds. The second-order valence-corrected chi connectivity index (χ2v) is 3.81. The third kappa shape index (κ3) is 2.11. The van der Waals surface area contributed by atoms with E-state index in [-0.39, 0.29) is 0 Å². The summed E-state index contributed by atoms with van der Waals surface area (Å²) in [5.41, 5.74) is 8.83. The van der Waals surface area contributed by atoms with E-state index in [9.17, 15) is 0 Å². The van der Waals surface area contributed by atoms with Crippen molar-refractivity contribution in [3.8, 4) is 11.1 Å². The van der Waals surface area contributed by atoms with E-state index in [2.05, 4.69) is 27.2 Å². The number of aromatic nitrogens is 2. The second kappa shape index (κ2) is 4.18. The van der Waals surface area contributed by atoms with Crippen molar-refractivity contribution in [2.24, 2.45) is 0 Å². The van der Waals surface area contributed by atoms with Gasteiger partial charge in [0.2, 0.25) is 0 Å². The topological polar surface area (TPSA) is 55.0 Å². The lowest BCUT2D eigenvalue weighted by Crippen LogP contribution is -2.07.